The van der Waals surface area contributed by atoms with Gasteiger partial charge < -0.3 is 15.2 Å². The van der Waals surface area contributed by atoms with Crippen LogP contribution in [-0.2, 0) is 24.3 Å². The fraction of sp³-hybridized carbons (Fsp3) is 0.500. The smallest absolute Gasteiger partial charge is 0.332 e. The number of amides is 1. The summed E-state index contributed by atoms with van der Waals surface area (Å²) >= 11 is 0. The molecule has 3 rings (SSSR count). The number of hydrogen-bond acceptors (Lipinski definition) is 5. The van der Waals surface area contributed by atoms with E-state index in [0.29, 0.717) is 24.6 Å². The van der Waals surface area contributed by atoms with Crippen molar-refractivity contribution >= 4 is 27.6 Å². The van der Waals surface area contributed by atoms with E-state index in [0.717, 1.165) is 12.8 Å². The Balaban J connectivity index is 1.57. The van der Waals surface area contributed by atoms with Gasteiger partial charge >= 0.3 is 5.97 Å². The van der Waals surface area contributed by atoms with Crippen LogP contribution in [0.3, 0.4) is 0 Å². The van der Waals surface area contributed by atoms with Gasteiger partial charge in [-0.05, 0) is 55.9 Å². The number of carboxylic acids is 1. The molecule has 2 fully saturated rings. The number of carbonyl (C=O) groups excluding carboxylic acids is 1. The second-order valence-electron chi connectivity index (χ2n) is 6.34. The van der Waals surface area contributed by atoms with Gasteiger partial charge in [-0.15, -0.1) is 0 Å². The molecule has 1 saturated carbocycles. The Morgan fingerprint density at radius 1 is 1.08 bits per heavy atom. The van der Waals surface area contributed by atoms with Gasteiger partial charge in [0.1, 0.15) is 6.10 Å². The lowest BCUT2D eigenvalue weighted by molar-refractivity contribution is -0.150. The number of carboxylic acid groups (broad SMARTS) is 1. The lowest BCUT2D eigenvalue weighted by atomic mass is 10.2. The normalized spacial score (nSPS) is 23.4. The molecular formula is C16H20N2O6S. The molecule has 0 aromatic heterocycles. The average Bonchev–Trinajstić information content (AvgIpc) is 3.27. The highest BCUT2D eigenvalue weighted by Crippen LogP contribution is 2.28. The second-order valence-corrected chi connectivity index (χ2v) is 8.10. The van der Waals surface area contributed by atoms with Crippen LogP contribution in [0, 0.1) is 5.92 Å². The van der Waals surface area contributed by atoms with Crippen molar-refractivity contribution in [2.24, 2.45) is 5.92 Å². The third kappa shape index (κ3) is 4.56. The van der Waals surface area contributed by atoms with E-state index in [4.69, 9.17) is 9.84 Å². The number of nitrogens with one attached hydrogen (secondary N) is 2. The van der Waals surface area contributed by atoms with Crippen LogP contribution < -0.4 is 10.0 Å². The molecule has 8 nitrogen and oxygen atoms in total. The first-order chi connectivity index (χ1) is 11.8. The molecule has 1 amide bonds. The SMILES string of the molecule is O=C(Nc1ccc(S(=O)(=O)NCC2CC2)cc1)[C@@H]1CC[C@H](C(=O)O)O1. The topological polar surface area (TPSA) is 122 Å². The minimum Gasteiger partial charge on any atom is -0.479 e. The predicted octanol–water partition coefficient (Wildman–Crippen LogP) is 0.946. The van der Waals surface area contributed by atoms with Gasteiger partial charge in [0.2, 0.25) is 10.0 Å². The largest absolute Gasteiger partial charge is 0.479 e. The van der Waals surface area contributed by atoms with Crippen molar-refractivity contribution < 1.29 is 27.9 Å². The summed E-state index contributed by atoms with van der Waals surface area (Å²) in [4.78, 5) is 23.1. The van der Waals surface area contributed by atoms with Crippen LogP contribution >= 0.6 is 0 Å². The van der Waals surface area contributed by atoms with E-state index >= 15 is 0 Å². The highest BCUT2D eigenvalue weighted by atomic mass is 32.2. The number of benzene rings is 1. The van der Waals surface area contributed by atoms with Crippen LogP contribution in [-0.4, -0.2) is 44.2 Å². The summed E-state index contributed by atoms with van der Waals surface area (Å²) in [6, 6.07) is 5.82. The number of rotatable bonds is 7. The lowest BCUT2D eigenvalue weighted by Crippen LogP contribution is -2.30. The Labute approximate surface area is 145 Å². The summed E-state index contributed by atoms with van der Waals surface area (Å²) in [7, 11) is -3.55. The maximum atomic E-state index is 12.1. The molecule has 1 saturated heterocycles. The highest BCUT2D eigenvalue weighted by molar-refractivity contribution is 7.89. The molecule has 0 unspecified atom stereocenters. The van der Waals surface area contributed by atoms with Gasteiger partial charge in [-0.1, -0.05) is 0 Å². The first kappa shape index (κ1) is 17.8. The minimum absolute atomic E-state index is 0.134. The Morgan fingerprint density at radius 3 is 2.28 bits per heavy atom. The Hall–Kier alpha value is -1.97. The summed E-state index contributed by atoms with van der Waals surface area (Å²) in [5.41, 5.74) is 0.425. The van der Waals surface area contributed by atoms with E-state index in [1.54, 1.807) is 0 Å². The number of hydrogen-bond donors (Lipinski definition) is 3. The molecular weight excluding hydrogens is 348 g/mol. The van der Waals surface area contributed by atoms with Gasteiger partial charge in [0.05, 0.1) is 4.90 Å². The van der Waals surface area contributed by atoms with E-state index in [2.05, 4.69) is 10.0 Å². The molecule has 1 aromatic carbocycles. The summed E-state index contributed by atoms with van der Waals surface area (Å²) < 4.78 is 32.0. The fourth-order valence-corrected chi connectivity index (χ4v) is 3.70. The van der Waals surface area contributed by atoms with Gasteiger partial charge in [-0.2, -0.15) is 0 Å². The minimum atomic E-state index is -3.55. The quantitative estimate of drug-likeness (QED) is 0.659. The van der Waals surface area contributed by atoms with Gasteiger partial charge in [-0.25, -0.2) is 17.9 Å². The molecule has 1 aliphatic carbocycles. The van der Waals surface area contributed by atoms with Crippen LogP contribution in [0.1, 0.15) is 25.7 Å². The molecule has 0 radical (unpaired) electrons. The molecule has 9 heteroatoms. The summed E-state index contributed by atoms with van der Waals surface area (Å²) in [5.74, 6) is -1.08. The third-order valence-electron chi connectivity index (χ3n) is 4.28. The number of sulfonamides is 1. The monoisotopic (exact) mass is 368 g/mol. The van der Waals surface area contributed by atoms with Crippen molar-refractivity contribution in [3.63, 3.8) is 0 Å². The number of carbonyl (C=O) groups is 2. The summed E-state index contributed by atoms with van der Waals surface area (Å²) in [5, 5.41) is 11.5. The molecule has 2 aliphatic rings. The van der Waals surface area contributed by atoms with Gasteiger partial charge in [0.15, 0.2) is 6.10 Å². The van der Waals surface area contributed by atoms with E-state index in [-0.39, 0.29) is 11.3 Å². The van der Waals surface area contributed by atoms with Gasteiger partial charge in [-0.3, -0.25) is 4.79 Å². The first-order valence-electron chi connectivity index (χ1n) is 8.14. The molecule has 2 atom stereocenters. The van der Waals surface area contributed by atoms with E-state index in [9.17, 15) is 18.0 Å². The van der Waals surface area contributed by atoms with E-state index in [1.165, 1.54) is 24.3 Å². The fourth-order valence-electron chi connectivity index (χ4n) is 2.58. The van der Waals surface area contributed by atoms with Gasteiger partial charge in [0, 0.05) is 12.2 Å². The van der Waals surface area contributed by atoms with Crippen molar-refractivity contribution in [2.45, 2.75) is 42.8 Å². The molecule has 1 aliphatic heterocycles. The molecule has 0 bridgehead atoms. The van der Waals surface area contributed by atoms with Crippen LogP contribution in [0.25, 0.3) is 0 Å². The molecule has 1 heterocycles. The molecule has 0 spiro atoms. The maximum Gasteiger partial charge on any atom is 0.332 e. The zero-order chi connectivity index (χ0) is 18.0. The van der Waals surface area contributed by atoms with Crippen LogP contribution in [0.5, 0.6) is 0 Å². The Morgan fingerprint density at radius 2 is 1.72 bits per heavy atom. The van der Waals surface area contributed by atoms with Crippen LogP contribution in [0.4, 0.5) is 5.69 Å². The van der Waals surface area contributed by atoms with Crippen LogP contribution in [0.2, 0.25) is 0 Å². The number of aliphatic carboxylic acids is 1. The molecule has 25 heavy (non-hydrogen) atoms. The summed E-state index contributed by atoms with van der Waals surface area (Å²) in [6.45, 7) is 0.449. The molecule has 3 N–H and O–H groups in total. The highest BCUT2D eigenvalue weighted by Gasteiger charge is 2.34. The Bertz CT molecular complexity index is 757. The number of anilines is 1. The molecule has 1 aromatic rings. The lowest BCUT2D eigenvalue weighted by Gasteiger charge is -2.12. The van der Waals surface area contributed by atoms with Crippen molar-refractivity contribution in [1.82, 2.24) is 4.72 Å². The Kier molecular flexibility index (Phi) is 5.07. The second kappa shape index (κ2) is 7.11. The molecule has 136 valence electrons. The first-order valence-corrected chi connectivity index (χ1v) is 9.62. The van der Waals surface area contributed by atoms with Crippen molar-refractivity contribution in [1.29, 1.82) is 0 Å². The van der Waals surface area contributed by atoms with Crippen LogP contribution in [0.15, 0.2) is 29.2 Å². The standard InChI is InChI=1S/C16H20N2O6S/c19-15(13-7-8-14(24-13)16(20)21)18-11-3-5-12(6-4-11)25(22,23)17-9-10-1-2-10/h3-6,10,13-14,17H,1-2,7-9H2,(H,18,19)(H,20,21)/t13-,14+/m0/s1. The van der Waals surface area contributed by atoms with Crippen molar-refractivity contribution in [3.8, 4) is 0 Å². The number of ether oxygens (including phenoxy) is 1. The van der Waals surface area contributed by atoms with Crippen molar-refractivity contribution in [3.05, 3.63) is 24.3 Å². The zero-order valence-corrected chi connectivity index (χ0v) is 14.3. The zero-order valence-electron chi connectivity index (χ0n) is 13.5. The average molecular weight is 368 g/mol. The predicted molar refractivity (Wildman–Crippen MR) is 88.5 cm³/mol. The summed E-state index contributed by atoms with van der Waals surface area (Å²) in [6.07, 6.45) is 0.960. The van der Waals surface area contributed by atoms with Crippen molar-refractivity contribution in [2.75, 3.05) is 11.9 Å². The van der Waals surface area contributed by atoms with E-state index in [1.807, 2.05) is 0 Å². The maximum absolute atomic E-state index is 12.1. The van der Waals surface area contributed by atoms with Gasteiger partial charge in [0.25, 0.3) is 5.91 Å². The van der Waals surface area contributed by atoms with E-state index < -0.39 is 34.1 Å². The third-order valence-corrected chi connectivity index (χ3v) is 5.72.